The van der Waals surface area contributed by atoms with E-state index >= 15 is 0 Å². The van der Waals surface area contributed by atoms with Crippen LogP contribution in [0, 0.1) is 0 Å². The van der Waals surface area contributed by atoms with Gasteiger partial charge in [0.1, 0.15) is 0 Å². The maximum atomic E-state index is 5.51. The van der Waals surface area contributed by atoms with Crippen LogP contribution in [0.3, 0.4) is 0 Å². The van der Waals surface area contributed by atoms with Crippen LogP contribution in [0.1, 0.15) is 18.9 Å². The maximum Gasteiger partial charge on any atom is 0.225 e. The van der Waals surface area contributed by atoms with Gasteiger partial charge >= 0.3 is 0 Å². The van der Waals surface area contributed by atoms with E-state index in [0.29, 0.717) is 11.8 Å². The molecule has 5 nitrogen and oxygen atoms in total. The summed E-state index contributed by atoms with van der Waals surface area (Å²) in [5, 5.41) is 6.24. The van der Waals surface area contributed by atoms with Gasteiger partial charge in [-0.1, -0.05) is 0 Å². The standard InChI is InChI=1S/C12H16N4OS/c1-9(2)17-10-3-5-14-12(16-10)15-6-4-11-13-7-8-18-11/h3,5,7-9H,4,6H2,1-2H3,(H,14,15,16). The fraction of sp³-hybridized carbons (Fsp3) is 0.417. The Hall–Kier alpha value is -1.69. The van der Waals surface area contributed by atoms with E-state index in [-0.39, 0.29) is 6.10 Å². The van der Waals surface area contributed by atoms with Gasteiger partial charge in [-0.3, -0.25) is 0 Å². The number of rotatable bonds is 6. The van der Waals surface area contributed by atoms with Crippen molar-refractivity contribution in [2.45, 2.75) is 26.4 Å². The lowest BCUT2D eigenvalue weighted by molar-refractivity contribution is 0.232. The Bertz CT molecular complexity index is 473. The molecule has 0 amide bonds. The van der Waals surface area contributed by atoms with Gasteiger partial charge in [-0.05, 0) is 13.8 Å². The van der Waals surface area contributed by atoms with Crippen LogP contribution in [0.5, 0.6) is 5.88 Å². The van der Waals surface area contributed by atoms with E-state index in [2.05, 4.69) is 20.3 Å². The molecule has 0 spiro atoms. The van der Waals surface area contributed by atoms with Gasteiger partial charge in [0, 0.05) is 36.8 Å². The highest BCUT2D eigenvalue weighted by atomic mass is 32.1. The van der Waals surface area contributed by atoms with Crippen molar-refractivity contribution in [2.24, 2.45) is 0 Å². The molecule has 0 saturated heterocycles. The summed E-state index contributed by atoms with van der Waals surface area (Å²) in [6.45, 7) is 4.70. The number of aromatic nitrogens is 3. The summed E-state index contributed by atoms with van der Waals surface area (Å²) < 4.78 is 5.51. The minimum atomic E-state index is 0.114. The third kappa shape index (κ3) is 3.96. The minimum absolute atomic E-state index is 0.114. The molecule has 0 bridgehead atoms. The average molecular weight is 264 g/mol. The van der Waals surface area contributed by atoms with Crippen molar-refractivity contribution in [1.29, 1.82) is 0 Å². The van der Waals surface area contributed by atoms with Crippen molar-refractivity contribution >= 4 is 17.3 Å². The van der Waals surface area contributed by atoms with Gasteiger partial charge in [-0.25, -0.2) is 9.97 Å². The highest BCUT2D eigenvalue weighted by Gasteiger charge is 2.02. The van der Waals surface area contributed by atoms with Crippen molar-refractivity contribution in [3.63, 3.8) is 0 Å². The Labute approximate surface area is 110 Å². The molecule has 0 unspecified atom stereocenters. The second kappa shape index (κ2) is 6.30. The van der Waals surface area contributed by atoms with Gasteiger partial charge in [-0.15, -0.1) is 11.3 Å². The molecular formula is C12H16N4OS. The summed E-state index contributed by atoms with van der Waals surface area (Å²) in [6.07, 6.45) is 4.49. The monoisotopic (exact) mass is 264 g/mol. The van der Waals surface area contributed by atoms with E-state index in [1.165, 1.54) is 0 Å². The molecule has 0 aliphatic carbocycles. The molecular weight excluding hydrogens is 248 g/mol. The zero-order valence-corrected chi connectivity index (χ0v) is 11.3. The predicted molar refractivity (Wildman–Crippen MR) is 72.1 cm³/mol. The summed E-state index contributed by atoms with van der Waals surface area (Å²) >= 11 is 1.65. The first-order chi connectivity index (χ1) is 8.74. The molecule has 96 valence electrons. The second-order valence-electron chi connectivity index (χ2n) is 3.99. The molecule has 0 atom stereocenters. The van der Waals surface area contributed by atoms with Gasteiger partial charge in [0.15, 0.2) is 0 Å². The van der Waals surface area contributed by atoms with Gasteiger partial charge in [0.2, 0.25) is 11.8 Å². The predicted octanol–water partition coefficient (Wildman–Crippen LogP) is 2.37. The Morgan fingerprint density at radius 2 is 2.22 bits per heavy atom. The van der Waals surface area contributed by atoms with Crippen LogP contribution < -0.4 is 10.1 Å². The molecule has 18 heavy (non-hydrogen) atoms. The number of nitrogens with one attached hydrogen (secondary N) is 1. The van der Waals surface area contributed by atoms with Crippen molar-refractivity contribution in [2.75, 3.05) is 11.9 Å². The Morgan fingerprint density at radius 1 is 1.33 bits per heavy atom. The summed E-state index contributed by atoms with van der Waals surface area (Å²) in [4.78, 5) is 12.6. The Morgan fingerprint density at radius 3 is 2.94 bits per heavy atom. The number of anilines is 1. The molecule has 0 fully saturated rings. The highest BCUT2D eigenvalue weighted by Crippen LogP contribution is 2.10. The molecule has 0 saturated carbocycles. The van der Waals surface area contributed by atoms with Gasteiger partial charge < -0.3 is 10.1 Å². The van der Waals surface area contributed by atoms with E-state index in [1.54, 1.807) is 23.6 Å². The van der Waals surface area contributed by atoms with Crippen molar-refractivity contribution in [3.05, 3.63) is 28.8 Å². The van der Waals surface area contributed by atoms with E-state index in [0.717, 1.165) is 18.0 Å². The Balaban J connectivity index is 1.85. The summed E-state index contributed by atoms with van der Waals surface area (Å²) in [6, 6.07) is 1.76. The molecule has 2 aromatic heterocycles. The first-order valence-corrected chi connectivity index (χ1v) is 6.74. The van der Waals surface area contributed by atoms with Crippen LogP contribution >= 0.6 is 11.3 Å². The molecule has 0 radical (unpaired) electrons. The van der Waals surface area contributed by atoms with Crippen LogP contribution in [0.2, 0.25) is 0 Å². The van der Waals surface area contributed by atoms with E-state index in [1.807, 2.05) is 25.4 Å². The smallest absolute Gasteiger partial charge is 0.225 e. The van der Waals surface area contributed by atoms with Gasteiger partial charge in [0.25, 0.3) is 0 Å². The molecule has 0 aromatic carbocycles. The van der Waals surface area contributed by atoms with E-state index in [4.69, 9.17) is 4.74 Å². The second-order valence-corrected chi connectivity index (χ2v) is 4.97. The van der Waals surface area contributed by atoms with Crippen LogP contribution in [0.15, 0.2) is 23.8 Å². The number of nitrogens with zero attached hydrogens (tertiary/aromatic N) is 3. The van der Waals surface area contributed by atoms with Gasteiger partial charge in [0.05, 0.1) is 11.1 Å². The zero-order valence-electron chi connectivity index (χ0n) is 10.5. The van der Waals surface area contributed by atoms with Crippen LogP contribution in [0.25, 0.3) is 0 Å². The lowest BCUT2D eigenvalue weighted by Crippen LogP contribution is -2.10. The first kappa shape index (κ1) is 12.8. The fourth-order valence-electron chi connectivity index (χ4n) is 1.39. The van der Waals surface area contributed by atoms with Crippen LogP contribution in [-0.4, -0.2) is 27.6 Å². The quantitative estimate of drug-likeness (QED) is 0.868. The van der Waals surface area contributed by atoms with Crippen molar-refractivity contribution in [3.8, 4) is 5.88 Å². The molecule has 0 aliphatic heterocycles. The summed E-state index contributed by atoms with van der Waals surface area (Å²) in [7, 11) is 0. The lowest BCUT2D eigenvalue weighted by Gasteiger charge is -2.09. The lowest BCUT2D eigenvalue weighted by atomic mass is 10.4. The fourth-order valence-corrected chi connectivity index (χ4v) is 2.01. The summed E-state index contributed by atoms with van der Waals surface area (Å²) in [5.41, 5.74) is 0. The molecule has 2 aromatic rings. The number of hydrogen-bond donors (Lipinski definition) is 1. The van der Waals surface area contributed by atoms with Crippen LogP contribution in [-0.2, 0) is 6.42 Å². The topological polar surface area (TPSA) is 59.9 Å². The molecule has 1 N–H and O–H groups in total. The number of ether oxygens (including phenoxy) is 1. The van der Waals surface area contributed by atoms with Crippen molar-refractivity contribution in [1.82, 2.24) is 15.0 Å². The first-order valence-electron chi connectivity index (χ1n) is 5.86. The van der Waals surface area contributed by atoms with Crippen LogP contribution in [0.4, 0.5) is 5.95 Å². The molecule has 2 rings (SSSR count). The third-order valence-corrected chi connectivity index (χ3v) is 2.93. The molecule has 6 heteroatoms. The third-order valence-electron chi connectivity index (χ3n) is 2.09. The van der Waals surface area contributed by atoms with E-state index < -0.39 is 0 Å². The molecule has 2 heterocycles. The summed E-state index contributed by atoms with van der Waals surface area (Å²) in [5.74, 6) is 1.18. The SMILES string of the molecule is CC(C)Oc1ccnc(NCCc2nccs2)n1. The normalized spacial score (nSPS) is 10.6. The highest BCUT2D eigenvalue weighted by molar-refractivity contribution is 7.09. The van der Waals surface area contributed by atoms with E-state index in [9.17, 15) is 0 Å². The van der Waals surface area contributed by atoms with Crippen molar-refractivity contribution < 1.29 is 4.74 Å². The maximum absolute atomic E-state index is 5.51. The molecule has 0 aliphatic rings. The minimum Gasteiger partial charge on any atom is -0.475 e. The largest absolute Gasteiger partial charge is 0.475 e. The van der Waals surface area contributed by atoms with Gasteiger partial charge in [-0.2, -0.15) is 4.98 Å². The average Bonchev–Trinajstić information content (AvgIpc) is 2.82. The zero-order chi connectivity index (χ0) is 12.8. The Kier molecular flexibility index (Phi) is 4.46. The number of thiazole rings is 1. The number of hydrogen-bond acceptors (Lipinski definition) is 6.